The molecule has 0 aliphatic heterocycles. The summed E-state index contributed by atoms with van der Waals surface area (Å²) in [5.41, 5.74) is 0. The Morgan fingerprint density at radius 3 is 0.909 bits per heavy atom. The van der Waals surface area contributed by atoms with E-state index in [1.165, 1.54) is 321 Å². The van der Waals surface area contributed by atoms with Gasteiger partial charge in [-0.25, -0.2) is 0 Å². The lowest BCUT2D eigenvalue weighted by Crippen LogP contribution is -2.37. The average molecular weight is 1260 g/mol. The molecule has 0 saturated carbocycles. The molecule has 0 rings (SSSR count). The molecule has 0 aromatic carbocycles. The van der Waals surface area contributed by atoms with Crippen LogP contribution in [0.5, 0.6) is 0 Å². The van der Waals surface area contributed by atoms with Gasteiger partial charge in [0.05, 0.1) is 27.7 Å². The molecule has 0 aromatic heterocycles. The summed E-state index contributed by atoms with van der Waals surface area (Å²) in [6, 6.07) is 0. The van der Waals surface area contributed by atoms with Gasteiger partial charge in [0.2, 0.25) is 0 Å². The van der Waals surface area contributed by atoms with E-state index >= 15 is 0 Å². The number of carbonyl (C=O) groups excluding carboxylic acids is 2. The van der Waals surface area contributed by atoms with Crippen LogP contribution in [0.1, 0.15) is 399 Å². The number of quaternary nitrogens is 1. The van der Waals surface area contributed by atoms with Gasteiger partial charge in [0.1, 0.15) is 19.8 Å². The van der Waals surface area contributed by atoms with Crippen molar-refractivity contribution in [1.82, 2.24) is 0 Å². The fraction of sp³-hybridized carbons (Fsp3) is 0.897. The fourth-order valence-electron chi connectivity index (χ4n) is 11.7. The minimum absolute atomic E-state index is 0.0275. The number of rotatable bonds is 73. The van der Waals surface area contributed by atoms with Gasteiger partial charge in [-0.15, -0.1) is 0 Å². The van der Waals surface area contributed by atoms with E-state index in [2.05, 4.69) is 50.3 Å². The molecule has 0 aliphatic rings. The topological polar surface area (TPSA) is 111 Å². The summed E-state index contributed by atoms with van der Waals surface area (Å²) >= 11 is 0. The number of hydrogen-bond acceptors (Lipinski definition) is 8. The van der Waals surface area contributed by atoms with E-state index in [0.29, 0.717) is 17.4 Å². The van der Waals surface area contributed by atoms with Crippen LogP contribution in [0, 0.1) is 0 Å². The summed E-state index contributed by atoms with van der Waals surface area (Å²) in [6.45, 7) is 4.31. The van der Waals surface area contributed by atoms with Gasteiger partial charge in [-0.2, -0.15) is 0 Å². The third-order valence-corrected chi connectivity index (χ3v) is 18.6. The third-order valence-electron chi connectivity index (χ3n) is 17.7. The molecule has 0 aliphatic carbocycles. The van der Waals surface area contributed by atoms with Crippen LogP contribution in [-0.4, -0.2) is 70.0 Å². The highest BCUT2D eigenvalue weighted by Gasteiger charge is 2.22. The Bertz CT molecular complexity index is 1580. The number of phosphoric acid groups is 1. The fourth-order valence-corrected chi connectivity index (χ4v) is 12.5. The van der Waals surface area contributed by atoms with E-state index in [1.54, 1.807) is 0 Å². The van der Waals surface area contributed by atoms with Gasteiger partial charge in [0.25, 0.3) is 7.82 Å². The highest BCUT2D eigenvalue weighted by atomic mass is 31.2. The first-order valence-electron chi connectivity index (χ1n) is 38.7. The number of allylic oxidation sites excluding steroid dienone is 6. The van der Waals surface area contributed by atoms with E-state index < -0.39 is 26.5 Å². The maximum Gasteiger partial charge on any atom is 0.306 e. The second-order valence-corrected chi connectivity index (χ2v) is 29.1. The quantitative estimate of drug-likeness (QED) is 0.0195. The molecule has 0 fully saturated rings. The second kappa shape index (κ2) is 69.6. The Hall–Kier alpha value is -1.77. The zero-order chi connectivity index (χ0) is 64.1. The first kappa shape index (κ1) is 86.2. The Morgan fingerprint density at radius 2 is 0.614 bits per heavy atom. The van der Waals surface area contributed by atoms with Crippen molar-refractivity contribution in [2.24, 2.45) is 0 Å². The predicted octanol–water partition coefficient (Wildman–Crippen LogP) is 24.8. The minimum Gasteiger partial charge on any atom is -0.756 e. The second-order valence-electron chi connectivity index (χ2n) is 27.7. The maximum absolute atomic E-state index is 12.9. The maximum atomic E-state index is 12.9. The zero-order valence-corrected chi connectivity index (χ0v) is 60.4. The molecule has 10 heteroatoms. The number of likely N-dealkylation sites (N-methyl/N-ethyl adjacent to an activating group) is 1. The van der Waals surface area contributed by atoms with Crippen molar-refractivity contribution in [3.05, 3.63) is 36.5 Å². The molecule has 0 heterocycles. The summed E-state index contributed by atoms with van der Waals surface area (Å²) in [6.07, 6.45) is 89.7. The number of unbranched alkanes of at least 4 members (excludes halogenated alkanes) is 53. The lowest BCUT2D eigenvalue weighted by Gasteiger charge is -2.28. The van der Waals surface area contributed by atoms with Crippen molar-refractivity contribution in [3.63, 3.8) is 0 Å². The predicted molar refractivity (Wildman–Crippen MR) is 379 cm³/mol. The molecular formula is C78H150NO8P. The van der Waals surface area contributed by atoms with Crippen LogP contribution in [0.2, 0.25) is 0 Å². The SMILES string of the molecule is CCCCCCC/C=C\C/C=C\C/C=C\CCCCCCCCCCCCCCCCCCCCC(=O)OC(COC(=O)CCCCCCCCCCCCCCCCCCCCCCCCCCCCCCCCC)COP(=O)([O-])OCC[N+](C)(C)C. The molecule has 0 amide bonds. The highest BCUT2D eigenvalue weighted by Crippen LogP contribution is 2.38. The largest absolute Gasteiger partial charge is 0.756 e. The third kappa shape index (κ3) is 73.3. The molecule has 0 spiro atoms. The number of hydrogen-bond donors (Lipinski definition) is 0. The van der Waals surface area contributed by atoms with Crippen LogP contribution in [0.15, 0.2) is 36.5 Å². The van der Waals surface area contributed by atoms with Crippen molar-refractivity contribution < 1.29 is 42.1 Å². The number of ether oxygens (including phenoxy) is 2. The van der Waals surface area contributed by atoms with Gasteiger partial charge in [0.15, 0.2) is 6.10 Å². The minimum atomic E-state index is -4.64. The van der Waals surface area contributed by atoms with Gasteiger partial charge in [-0.3, -0.25) is 14.2 Å². The first-order valence-corrected chi connectivity index (χ1v) is 40.2. The lowest BCUT2D eigenvalue weighted by atomic mass is 10.0. The number of carbonyl (C=O) groups is 2. The van der Waals surface area contributed by atoms with Gasteiger partial charge in [-0.05, 0) is 51.4 Å². The first-order chi connectivity index (χ1) is 43.0. The Kier molecular flexibility index (Phi) is 68.2. The van der Waals surface area contributed by atoms with E-state index in [1.807, 2.05) is 21.1 Å². The molecule has 520 valence electrons. The number of esters is 2. The van der Waals surface area contributed by atoms with Crippen molar-refractivity contribution in [1.29, 1.82) is 0 Å². The number of phosphoric ester groups is 1. The van der Waals surface area contributed by atoms with Crippen molar-refractivity contribution in [2.75, 3.05) is 47.5 Å². The molecular weight excluding hydrogens is 1110 g/mol. The normalized spacial score (nSPS) is 13.2. The van der Waals surface area contributed by atoms with Gasteiger partial charge in [0, 0.05) is 12.8 Å². The average Bonchev–Trinajstić information content (AvgIpc) is 3.56. The molecule has 0 saturated heterocycles. The summed E-state index contributed by atoms with van der Waals surface area (Å²) in [5.74, 6) is -0.808. The molecule has 88 heavy (non-hydrogen) atoms. The Balaban J connectivity index is 3.94. The molecule has 9 nitrogen and oxygen atoms in total. The summed E-state index contributed by atoms with van der Waals surface area (Å²) in [7, 11) is 1.19. The molecule has 0 N–H and O–H groups in total. The molecule has 2 atom stereocenters. The Labute approximate surface area is 548 Å². The van der Waals surface area contributed by atoms with Crippen LogP contribution < -0.4 is 4.89 Å². The summed E-state index contributed by atoms with van der Waals surface area (Å²) in [5, 5.41) is 0. The van der Waals surface area contributed by atoms with Crippen LogP contribution in [0.3, 0.4) is 0 Å². The highest BCUT2D eigenvalue weighted by molar-refractivity contribution is 7.45. The van der Waals surface area contributed by atoms with Crippen molar-refractivity contribution in [3.8, 4) is 0 Å². The molecule has 0 aromatic rings. The van der Waals surface area contributed by atoms with Gasteiger partial charge in [-0.1, -0.05) is 371 Å². The summed E-state index contributed by atoms with van der Waals surface area (Å²) in [4.78, 5) is 38.1. The van der Waals surface area contributed by atoms with E-state index in [4.69, 9.17) is 18.5 Å². The standard InChI is InChI=1S/C78H150NO8P/c1-6-8-10-12-14-16-18-20-22-24-26-28-30-32-34-36-38-39-41-43-45-47-49-51-53-55-57-59-61-63-65-67-69-71-78(81)87-76(75-86-88(82,83)85-73-72-79(3,4)5)74-84-77(80)70-68-66-64-62-60-58-56-54-52-50-48-46-44-42-40-37-35-33-31-29-27-25-23-21-19-17-15-13-11-9-7-2/h18,20,24,26,30,32,76H,6-17,19,21-23,25,27-29,31,33-75H2,1-5H3/b20-18-,26-24-,32-30-. The van der Waals surface area contributed by atoms with E-state index in [-0.39, 0.29) is 32.0 Å². The van der Waals surface area contributed by atoms with Crippen molar-refractivity contribution in [2.45, 2.75) is 405 Å². The van der Waals surface area contributed by atoms with Crippen LogP contribution >= 0.6 is 7.82 Å². The lowest BCUT2D eigenvalue weighted by molar-refractivity contribution is -0.870. The van der Waals surface area contributed by atoms with Gasteiger partial charge < -0.3 is 27.9 Å². The Morgan fingerprint density at radius 1 is 0.352 bits per heavy atom. The molecule has 0 radical (unpaired) electrons. The monoisotopic (exact) mass is 1260 g/mol. The smallest absolute Gasteiger partial charge is 0.306 e. The van der Waals surface area contributed by atoms with Crippen LogP contribution in [0.25, 0.3) is 0 Å². The van der Waals surface area contributed by atoms with Crippen LogP contribution in [-0.2, 0) is 32.7 Å². The van der Waals surface area contributed by atoms with Gasteiger partial charge >= 0.3 is 11.9 Å². The van der Waals surface area contributed by atoms with E-state index in [0.717, 1.165) is 44.9 Å². The summed E-state index contributed by atoms with van der Waals surface area (Å²) < 4.78 is 34.4. The zero-order valence-electron chi connectivity index (χ0n) is 59.5. The molecule has 2 unspecified atom stereocenters. The van der Waals surface area contributed by atoms with E-state index in [9.17, 15) is 19.0 Å². The number of nitrogens with zero attached hydrogens (tertiary/aromatic N) is 1. The van der Waals surface area contributed by atoms with Crippen LogP contribution in [0.4, 0.5) is 0 Å². The molecule has 0 bridgehead atoms. The van der Waals surface area contributed by atoms with Crippen molar-refractivity contribution >= 4 is 19.8 Å².